The second-order valence-electron chi connectivity index (χ2n) is 5.93. The molecular formula is C20H22FNO4. The first-order chi connectivity index (χ1) is 12.5. The molecule has 2 aromatic rings. The van der Waals surface area contributed by atoms with Crippen molar-refractivity contribution in [2.24, 2.45) is 5.92 Å². The lowest BCUT2D eigenvalue weighted by Gasteiger charge is -2.25. The Morgan fingerprint density at radius 3 is 2.35 bits per heavy atom. The third-order valence-corrected chi connectivity index (χ3v) is 3.84. The second-order valence-corrected chi connectivity index (χ2v) is 5.93. The van der Waals surface area contributed by atoms with Crippen LogP contribution in [-0.4, -0.2) is 37.0 Å². The summed E-state index contributed by atoms with van der Waals surface area (Å²) < 4.78 is 23.3. The fourth-order valence-corrected chi connectivity index (χ4v) is 2.42. The maximum absolute atomic E-state index is 13.1. The second kappa shape index (κ2) is 9.56. The third kappa shape index (κ3) is 5.88. The van der Waals surface area contributed by atoms with Crippen LogP contribution in [0.4, 0.5) is 4.39 Å². The Morgan fingerprint density at radius 2 is 1.73 bits per heavy atom. The van der Waals surface area contributed by atoms with Crippen LogP contribution in [-0.2, 0) is 20.9 Å². The predicted molar refractivity (Wildman–Crippen MR) is 94.9 cm³/mol. The van der Waals surface area contributed by atoms with Gasteiger partial charge in [0.25, 0.3) is 5.91 Å². The molecule has 2 rings (SSSR count). The van der Waals surface area contributed by atoms with E-state index in [9.17, 15) is 14.0 Å². The summed E-state index contributed by atoms with van der Waals surface area (Å²) in [5.41, 5.74) is 0.761. The fourth-order valence-electron chi connectivity index (χ4n) is 2.42. The van der Waals surface area contributed by atoms with E-state index in [1.54, 1.807) is 31.2 Å². The number of carbonyl (C=O) groups excluding carboxylic acids is 2. The molecule has 138 valence electrons. The van der Waals surface area contributed by atoms with E-state index in [4.69, 9.17) is 9.47 Å². The van der Waals surface area contributed by atoms with E-state index in [2.05, 4.69) is 0 Å². The van der Waals surface area contributed by atoms with Gasteiger partial charge in [0, 0.05) is 13.1 Å². The molecule has 0 aliphatic heterocycles. The number of para-hydroxylation sites is 1. The summed E-state index contributed by atoms with van der Waals surface area (Å²) >= 11 is 0. The van der Waals surface area contributed by atoms with Gasteiger partial charge in [-0.05, 0) is 29.8 Å². The van der Waals surface area contributed by atoms with Crippen molar-refractivity contribution in [2.45, 2.75) is 13.5 Å². The highest BCUT2D eigenvalue weighted by Crippen LogP contribution is 2.12. The molecule has 0 aliphatic rings. The molecule has 1 amide bonds. The lowest BCUT2D eigenvalue weighted by molar-refractivity contribution is -0.147. The Labute approximate surface area is 152 Å². The van der Waals surface area contributed by atoms with Gasteiger partial charge in [-0.2, -0.15) is 0 Å². The number of carbonyl (C=O) groups is 2. The Morgan fingerprint density at radius 1 is 1.08 bits per heavy atom. The number of methoxy groups -OCH3 is 1. The zero-order valence-electron chi connectivity index (χ0n) is 14.9. The molecule has 1 atom stereocenters. The monoisotopic (exact) mass is 359 g/mol. The number of halogens is 1. The van der Waals surface area contributed by atoms with Crippen LogP contribution < -0.4 is 4.74 Å². The number of hydrogen-bond acceptors (Lipinski definition) is 4. The highest BCUT2D eigenvalue weighted by molar-refractivity contribution is 5.79. The van der Waals surface area contributed by atoms with Crippen LogP contribution in [0, 0.1) is 11.7 Å². The van der Waals surface area contributed by atoms with E-state index in [0.717, 1.165) is 5.56 Å². The number of amides is 1. The van der Waals surface area contributed by atoms with Gasteiger partial charge in [-0.15, -0.1) is 0 Å². The van der Waals surface area contributed by atoms with Crippen molar-refractivity contribution in [3.63, 3.8) is 0 Å². The molecule has 6 heteroatoms. The maximum atomic E-state index is 13.1. The average molecular weight is 359 g/mol. The molecule has 0 fully saturated rings. The van der Waals surface area contributed by atoms with E-state index >= 15 is 0 Å². The van der Waals surface area contributed by atoms with Crippen molar-refractivity contribution < 1.29 is 23.5 Å². The molecule has 0 aliphatic carbocycles. The summed E-state index contributed by atoms with van der Waals surface area (Å²) in [5, 5.41) is 0. The molecule has 2 aromatic carbocycles. The zero-order valence-corrected chi connectivity index (χ0v) is 14.9. The summed E-state index contributed by atoms with van der Waals surface area (Å²) in [4.78, 5) is 25.8. The van der Waals surface area contributed by atoms with E-state index in [1.165, 1.54) is 24.1 Å². The molecule has 0 N–H and O–H groups in total. The van der Waals surface area contributed by atoms with Crippen molar-refractivity contribution in [1.82, 2.24) is 4.90 Å². The SMILES string of the molecule is COC(=O)C(C)CN(Cc1ccc(F)cc1)C(=O)COc1ccccc1. The molecule has 0 saturated carbocycles. The molecule has 5 nitrogen and oxygen atoms in total. The summed E-state index contributed by atoms with van der Waals surface area (Å²) in [6.45, 7) is 1.97. The van der Waals surface area contributed by atoms with Crippen LogP contribution in [0.3, 0.4) is 0 Å². The van der Waals surface area contributed by atoms with Crippen molar-refractivity contribution in [1.29, 1.82) is 0 Å². The smallest absolute Gasteiger partial charge is 0.310 e. The Bertz CT molecular complexity index is 718. The van der Waals surface area contributed by atoms with Crippen LogP contribution >= 0.6 is 0 Å². The minimum Gasteiger partial charge on any atom is -0.484 e. The average Bonchev–Trinajstić information content (AvgIpc) is 2.67. The Kier molecular flexibility index (Phi) is 7.14. The van der Waals surface area contributed by atoms with Gasteiger partial charge in [-0.1, -0.05) is 37.3 Å². The molecule has 0 aromatic heterocycles. The minimum atomic E-state index is -0.485. The lowest BCUT2D eigenvalue weighted by atomic mass is 10.1. The third-order valence-electron chi connectivity index (χ3n) is 3.84. The largest absolute Gasteiger partial charge is 0.484 e. The molecule has 0 radical (unpaired) electrons. The predicted octanol–water partition coefficient (Wildman–Crippen LogP) is 3.04. The van der Waals surface area contributed by atoms with Gasteiger partial charge in [0.15, 0.2) is 6.61 Å². The molecular weight excluding hydrogens is 337 g/mol. The van der Waals surface area contributed by atoms with Crippen LogP contribution in [0.15, 0.2) is 54.6 Å². The molecule has 0 heterocycles. The zero-order chi connectivity index (χ0) is 18.9. The lowest BCUT2D eigenvalue weighted by Crippen LogP contribution is -2.39. The minimum absolute atomic E-state index is 0.154. The first-order valence-corrected chi connectivity index (χ1v) is 8.27. The van der Waals surface area contributed by atoms with Crippen LogP contribution in [0.2, 0.25) is 0 Å². The van der Waals surface area contributed by atoms with E-state index in [-0.39, 0.29) is 31.4 Å². The number of esters is 1. The quantitative estimate of drug-likeness (QED) is 0.680. The fraction of sp³-hybridized carbons (Fsp3) is 0.300. The number of rotatable bonds is 8. The van der Waals surface area contributed by atoms with Crippen molar-refractivity contribution >= 4 is 11.9 Å². The van der Waals surface area contributed by atoms with Crippen LogP contribution in [0.5, 0.6) is 5.75 Å². The number of ether oxygens (including phenoxy) is 2. The summed E-state index contributed by atoms with van der Waals surface area (Å²) in [5.74, 6) is -0.911. The van der Waals surface area contributed by atoms with Crippen molar-refractivity contribution in [2.75, 3.05) is 20.3 Å². The van der Waals surface area contributed by atoms with Gasteiger partial charge in [-0.3, -0.25) is 9.59 Å². The maximum Gasteiger partial charge on any atom is 0.310 e. The number of benzene rings is 2. The first-order valence-electron chi connectivity index (χ1n) is 8.27. The highest BCUT2D eigenvalue weighted by atomic mass is 19.1. The topological polar surface area (TPSA) is 55.8 Å². The van der Waals surface area contributed by atoms with E-state index < -0.39 is 11.9 Å². The molecule has 0 spiro atoms. The summed E-state index contributed by atoms with van der Waals surface area (Å²) in [7, 11) is 1.31. The van der Waals surface area contributed by atoms with E-state index in [0.29, 0.717) is 5.75 Å². The van der Waals surface area contributed by atoms with Gasteiger partial charge >= 0.3 is 5.97 Å². The van der Waals surface area contributed by atoms with Gasteiger partial charge in [0.05, 0.1) is 13.0 Å². The summed E-state index contributed by atoms with van der Waals surface area (Å²) in [6.07, 6.45) is 0. The molecule has 0 bridgehead atoms. The Hall–Kier alpha value is -2.89. The van der Waals surface area contributed by atoms with Crippen LogP contribution in [0.1, 0.15) is 12.5 Å². The summed E-state index contributed by atoms with van der Waals surface area (Å²) in [6, 6.07) is 14.9. The van der Waals surface area contributed by atoms with Gasteiger partial charge in [0.2, 0.25) is 0 Å². The molecule has 26 heavy (non-hydrogen) atoms. The standard InChI is InChI=1S/C20H22FNO4/c1-15(20(24)25-2)12-22(13-16-8-10-17(21)11-9-16)19(23)14-26-18-6-4-3-5-7-18/h3-11,15H,12-14H2,1-2H3. The van der Waals surface area contributed by atoms with Gasteiger partial charge < -0.3 is 14.4 Å². The molecule has 1 unspecified atom stereocenters. The van der Waals surface area contributed by atoms with Crippen molar-refractivity contribution in [3.8, 4) is 5.75 Å². The van der Waals surface area contributed by atoms with Gasteiger partial charge in [-0.25, -0.2) is 4.39 Å². The van der Waals surface area contributed by atoms with E-state index in [1.807, 2.05) is 18.2 Å². The highest BCUT2D eigenvalue weighted by Gasteiger charge is 2.22. The number of hydrogen-bond donors (Lipinski definition) is 0. The number of nitrogens with zero attached hydrogens (tertiary/aromatic N) is 1. The Balaban J connectivity index is 2.06. The van der Waals surface area contributed by atoms with Crippen LogP contribution in [0.25, 0.3) is 0 Å². The van der Waals surface area contributed by atoms with Crippen molar-refractivity contribution in [3.05, 3.63) is 66.0 Å². The molecule has 0 saturated heterocycles. The van der Waals surface area contributed by atoms with Gasteiger partial charge in [0.1, 0.15) is 11.6 Å². The first kappa shape index (κ1) is 19.4. The normalized spacial score (nSPS) is 11.5.